The second-order valence-electron chi connectivity index (χ2n) is 5.91. The van der Waals surface area contributed by atoms with Crippen LogP contribution in [0.5, 0.6) is 5.75 Å². The lowest BCUT2D eigenvalue weighted by Crippen LogP contribution is -1.97. The van der Waals surface area contributed by atoms with Gasteiger partial charge in [-0.15, -0.1) is 0 Å². The minimum atomic E-state index is 0.409. The molecule has 0 saturated carbocycles. The van der Waals surface area contributed by atoms with Gasteiger partial charge in [-0.1, -0.05) is 27.5 Å². The number of nitrogens with one attached hydrogen (secondary N) is 1. The number of nitrogens with zero attached hydrogens (tertiary/aromatic N) is 1. The molecule has 0 fully saturated rings. The van der Waals surface area contributed by atoms with Crippen molar-refractivity contribution in [1.29, 1.82) is 0 Å². The highest BCUT2D eigenvalue weighted by atomic mass is 79.9. The van der Waals surface area contributed by atoms with E-state index in [0.29, 0.717) is 11.6 Å². The van der Waals surface area contributed by atoms with Crippen LogP contribution in [-0.4, -0.2) is 15.3 Å². The predicted molar refractivity (Wildman–Crippen MR) is 103 cm³/mol. The van der Waals surface area contributed by atoms with Crippen molar-refractivity contribution in [2.24, 2.45) is 0 Å². The number of aromatic amines is 1. The second-order valence-corrected chi connectivity index (χ2v) is 7.14. The number of rotatable bonds is 6. The van der Waals surface area contributed by atoms with Gasteiger partial charge in [-0.3, -0.25) is 0 Å². The van der Waals surface area contributed by atoms with Gasteiger partial charge in [0.2, 0.25) is 0 Å². The summed E-state index contributed by atoms with van der Waals surface area (Å²) in [6.45, 7) is 4.74. The maximum Gasteiger partial charge on any atom is 0.146 e. The first-order valence-electron chi connectivity index (χ1n) is 8.00. The fraction of sp³-hybridized carbons (Fsp3) is 0.316. The van der Waals surface area contributed by atoms with Crippen molar-refractivity contribution >= 4 is 38.6 Å². The predicted octanol–water partition coefficient (Wildman–Crippen LogP) is 5.74. The van der Waals surface area contributed by atoms with Crippen molar-refractivity contribution in [1.82, 2.24) is 9.97 Å². The van der Waals surface area contributed by atoms with E-state index in [4.69, 9.17) is 21.3 Å². The molecule has 2 aromatic carbocycles. The Bertz CT molecular complexity index is 843. The van der Waals surface area contributed by atoms with E-state index in [1.807, 2.05) is 24.3 Å². The molecule has 1 heterocycles. The third kappa shape index (κ3) is 3.76. The summed E-state index contributed by atoms with van der Waals surface area (Å²) in [4.78, 5) is 8.17. The Hall–Kier alpha value is -1.52. The number of hydrogen-bond donors (Lipinski definition) is 1. The van der Waals surface area contributed by atoms with Gasteiger partial charge in [-0.2, -0.15) is 0 Å². The highest BCUT2D eigenvalue weighted by molar-refractivity contribution is 9.09. The van der Waals surface area contributed by atoms with Crippen molar-refractivity contribution in [2.45, 2.75) is 33.3 Å². The summed E-state index contributed by atoms with van der Waals surface area (Å²) in [5, 5.41) is 1.70. The molecule has 126 valence electrons. The molecule has 0 bridgehead atoms. The molecule has 0 aliphatic heterocycles. The average Bonchev–Trinajstić information content (AvgIpc) is 2.97. The number of alkyl halides is 1. The van der Waals surface area contributed by atoms with Crippen LogP contribution in [0.15, 0.2) is 30.3 Å². The van der Waals surface area contributed by atoms with E-state index in [-0.39, 0.29) is 0 Å². The number of halogens is 2. The lowest BCUT2D eigenvalue weighted by molar-refractivity contribution is 0.297. The quantitative estimate of drug-likeness (QED) is 0.529. The van der Waals surface area contributed by atoms with Gasteiger partial charge in [0.05, 0.1) is 11.0 Å². The normalized spacial score (nSPS) is 11.2. The van der Waals surface area contributed by atoms with Crippen LogP contribution in [0, 0.1) is 13.8 Å². The molecule has 3 aromatic rings. The topological polar surface area (TPSA) is 37.9 Å². The van der Waals surface area contributed by atoms with Gasteiger partial charge in [0.25, 0.3) is 0 Å². The Morgan fingerprint density at radius 3 is 2.67 bits per heavy atom. The molecule has 0 aliphatic carbocycles. The summed E-state index contributed by atoms with van der Waals surface area (Å²) in [7, 11) is 0. The number of hydrogen-bond acceptors (Lipinski definition) is 2. The van der Waals surface area contributed by atoms with Gasteiger partial charge in [-0.05, 0) is 73.7 Å². The third-order valence-electron chi connectivity index (χ3n) is 4.22. The molecule has 3 rings (SSSR count). The summed E-state index contributed by atoms with van der Waals surface area (Å²) in [5.74, 6) is 1.62. The summed E-state index contributed by atoms with van der Waals surface area (Å²) in [6, 6.07) is 9.53. The van der Waals surface area contributed by atoms with Gasteiger partial charge in [-0.25, -0.2) is 4.98 Å². The van der Waals surface area contributed by atoms with Crippen LogP contribution >= 0.6 is 27.5 Å². The summed E-state index contributed by atoms with van der Waals surface area (Å²) >= 11 is 9.41. The van der Waals surface area contributed by atoms with E-state index >= 15 is 0 Å². The molecule has 0 atom stereocenters. The highest BCUT2D eigenvalue weighted by Crippen LogP contribution is 2.26. The molecule has 5 heteroatoms. The summed E-state index contributed by atoms with van der Waals surface area (Å²) in [5.41, 5.74) is 6.10. The van der Waals surface area contributed by atoms with Crippen molar-refractivity contribution < 1.29 is 4.74 Å². The van der Waals surface area contributed by atoms with Gasteiger partial charge in [0.15, 0.2) is 0 Å². The first-order chi connectivity index (χ1) is 11.6. The number of benzene rings is 2. The number of aryl methyl sites for hydroxylation is 2. The maximum atomic E-state index is 5.89. The Morgan fingerprint density at radius 2 is 1.96 bits per heavy atom. The van der Waals surface area contributed by atoms with Crippen LogP contribution in [-0.2, 0) is 13.0 Å². The van der Waals surface area contributed by atoms with Crippen molar-refractivity contribution in [3.8, 4) is 5.75 Å². The lowest BCUT2D eigenvalue weighted by Gasteiger charge is -2.09. The molecule has 0 spiro atoms. The Kier molecular flexibility index (Phi) is 5.47. The second kappa shape index (κ2) is 7.58. The van der Waals surface area contributed by atoms with E-state index in [1.54, 1.807) is 0 Å². The molecule has 0 radical (unpaired) electrons. The summed E-state index contributed by atoms with van der Waals surface area (Å²) in [6.07, 6.45) is 2.13. The first kappa shape index (κ1) is 17.3. The molecule has 1 N–H and O–H groups in total. The monoisotopic (exact) mass is 406 g/mol. The standard InChI is InChI=1S/C19H20BrClN2O/c1-12-10-17-19(16(13(12)2)4-3-9-20)23-18(22-17)11-24-15-7-5-14(21)6-8-15/h5-8,10H,3-4,9,11H2,1-2H3,(H,22,23). The van der Waals surface area contributed by atoms with Crippen molar-refractivity contribution in [3.05, 3.63) is 57.9 Å². The summed E-state index contributed by atoms with van der Waals surface area (Å²) < 4.78 is 5.80. The van der Waals surface area contributed by atoms with Gasteiger partial charge in [0.1, 0.15) is 18.2 Å². The fourth-order valence-corrected chi connectivity index (χ4v) is 3.22. The van der Waals surface area contributed by atoms with E-state index in [9.17, 15) is 0 Å². The molecule has 0 aliphatic rings. The van der Waals surface area contributed by atoms with Crippen LogP contribution in [0.3, 0.4) is 0 Å². The first-order valence-corrected chi connectivity index (χ1v) is 9.50. The zero-order chi connectivity index (χ0) is 17.1. The zero-order valence-corrected chi connectivity index (χ0v) is 16.2. The smallest absolute Gasteiger partial charge is 0.146 e. The molecular formula is C19H20BrClN2O. The van der Waals surface area contributed by atoms with E-state index in [2.05, 4.69) is 40.8 Å². The average molecular weight is 408 g/mol. The Labute approximate surface area is 155 Å². The number of H-pyrrole nitrogens is 1. The van der Waals surface area contributed by atoms with E-state index in [1.165, 1.54) is 16.7 Å². The van der Waals surface area contributed by atoms with Crippen LogP contribution in [0.2, 0.25) is 5.02 Å². The van der Waals surface area contributed by atoms with Crippen LogP contribution in [0.1, 0.15) is 28.9 Å². The SMILES string of the molecule is Cc1cc2[nH]c(COc3ccc(Cl)cc3)nc2c(CCCBr)c1C. The fourth-order valence-electron chi connectivity index (χ4n) is 2.81. The molecule has 24 heavy (non-hydrogen) atoms. The minimum absolute atomic E-state index is 0.409. The third-order valence-corrected chi connectivity index (χ3v) is 5.03. The molecule has 1 aromatic heterocycles. The maximum absolute atomic E-state index is 5.89. The number of aromatic nitrogens is 2. The Morgan fingerprint density at radius 1 is 1.21 bits per heavy atom. The number of fused-ring (bicyclic) bond motifs is 1. The van der Waals surface area contributed by atoms with Crippen LogP contribution < -0.4 is 4.74 Å². The molecule has 0 saturated heterocycles. The molecule has 0 unspecified atom stereocenters. The lowest BCUT2D eigenvalue weighted by atomic mass is 9.98. The van der Waals surface area contributed by atoms with Gasteiger partial charge >= 0.3 is 0 Å². The molecule has 3 nitrogen and oxygen atoms in total. The van der Waals surface area contributed by atoms with E-state index in [0.717, 1.165) is 40.8 Å². The Balaban J connectivity index is 1.85. The van der Waals surface area contributed by atoms with Crippen LogP contribution in [0.4, 0.5) is 0 Å². The van der Waals surface area contributed by atoms with Crippen LogP contribution in [0.25, 0.3) is 11.0 Å². The van der Waals surface area contributed by atoms with Crippen molar-refractivity contribution in [2.75, 3.05) is 5.33 Å². The molecule has 0 amide bonds. The highest BCUT2D eigenvalue weighted by Gasteiger charge is 2.12. The largest absolute Gasteiger partial charge is 0.486 e. The zero-order valence-electron chi connectivity index (χ0n) is 13.8. The number of ether oxygens (including phenoxy) is 1. The van der Waals surface area contributed by atoms with Gasteiger partial charge in [0, 0.05) is 10.4 Å². The molecular weight excluding hydrogens is 388 g/mol. The number of imidazole rings is 1. The minimum Gasteiger partial charge on any atom is -0.486 e. The van der Waals surface area contributed by atoms with E-state index < -0.39 is 0 Å². The van der Waals surface area contributed by atoms with Crippen molar-refractivity contribution in [3.63, 3.8) is 0 Å². The van der Waals surface area contributed by atoms with Gasteiger partial charge < -0.3 is 9.72 Å².